The summed E-state index contributed by atoms with van der Waals surface area (Å²) in [5.41, 5.74) is 0.901. The van der Waals surface area contributed by atoms with E-state index in [0.29, 0.717) is 0 Å². The number of sulfonamides is 1. The molecule has 4 nitrogen and oxygen atoms in total. The van der Waals surface area contributed by atoms with Crippen LogP contribution in [0.25, 0.3) is 0 Å². The Bertz CT molecular complexity index is 639. The van der Waals surface area contributed by atoms with Gasteiger partial charge in [0, 0.05) is 5.92 Å². The number of hydrogen-bond acceptors (Lipinski definition) is 3. The van der Waals surface area contributed by atoms with Gasteiger partial charge < -0.3 is 0 Å². The van der Waals surface area contributed by atoms with Crippen molar-refractivity contribution in [2.75, 3.05) is 6.54 Å². The van der Waals surface area contributed by atoms with Crippen LogP contribution in [0.2, 0.25) is 0 Å². The molecule has 2 rings (SSSR count). The van der Waals surface area contributed by atoms with E-state index in [-0.39, 0.29) is 23.2 Å². The van der Waals surface area contributed by atoms with Crippen molar-refractivity contribution >= 4 is 15.9 Å². The van der Waals surface area contributed by atoms with Crippen molar-refractivity contribution in [2.24, 2.45) is 10.9 Å². The first-order chi connectivity index (χ1) is 9.75. The van der Waals surface area contributed by atoms with E-state index in [0.717, 1.165) is 9.87 Å². The second-order valence-corrected chi connectivity index (χ2v) is 7.18. The molecule has 0 saturated heterocycles. The minimum absolute atomic E-state index is 0.00833. The average molecular weight is 316 g/mol. The minimum atomic E-state index is -4.02. The quantitative estimate of drug-likeness (QED) is 0.857. The van der Waals surface area contributed by atoms with Gasteiger partial charge in [0.25, 0.3) is 16.4 Å². The van der Waals surface area contributed by atoms with Gasteiger partial charge in [-0.1, -0.05) is 31.5 Å². The lowest BCUT2D eigenvalue weighted by molar-refractivity contribution is 0.0909. The summed E-state index contributed by atoms with van der Waals surface area (Å²) < 4.78 is 52.5. The minimum Gasteiger partial charge on any atom is -0.269 e. The number of aliphatic imine (C=N–C) groups is 1. The number of amidine groups is 1. The van der Waals surface area contributed by atoms with Gasteiger partial charge in [-0.2, -0.15) is 0 Å². The molecule has 1 atom stereocenters. The fraction of sp³-hybridized carbons (Fsp3) is 0.500. The third-order valence-corrected chi connectivity index (χ3v) is 5.20. The monoisotopic (exact) mass is 316 g/mol. The summed E-state index contributed by atoms with van der Waals surface area (Å²) in [7, 11) is -4.02. The molecule has 1 unspecified atom stereocenters. The molecule has 7 heteroatoms. The summed E-state index contributed by atoms with van der Waals surface area (Å²) in [5.74, 6) is -0.0464. The zero-order chi connectivity index (χ0) is 15.8. The van der Waals surface area contributed by atoms with Gasteiger partial charge in [0.15, 0.2) is 0 Å². The van der Waals surface area contributed by atoms with Gasteiger partial charge in [-0.05, 0) is 19.1 Å². The van der Waals surface area contributed by atoms with Gasteiger partial charge >= 0.3 is 0 Å². The largest absolute Gasteiger partial charge is 0.269 e. The van der Waals surface area contributed by atoms with Crippen molar-refractivity contribution in [3.63, 3.8) is 0 Å². The molecule has 1 aromatic rings. The van der Waals surface area contributed by atoms with Crippen molar-refractivity contribution in [3.8, 4) is 0 Å². The third kappa shape index (κ3) is 2.92. The normalized spacial score (nSPS) is 19.5. The lowest BCUT2D eigenvalue weighted by Crippen LogP contribution is -2.46. The third-order valence-electron chi connectivity index (χ3n) is 3.35. The van der Waals surface area contributed by atoms with E-state index >= 15 is 0 Å². The standard InChI is InChI=1S/C14H18F2N2O2S/c1-9(2)14-17-8-12(13(15)16)18(14)21(19,20)11-6-4-10(3)5-7-11/h4-7,9,12-13H,8H2,1-3H3. The van der Waals surface area contributed by atoms with Crippen LogP contribution in [-0.4, -0.2) is 37.6 Å². The zero-order valence-corrected chi connectivity index (χ0v) is 12.9. The summed E-state index contributed by atoms with van der Waals surface area (Å²) >= 11 is 0. The lowest BCUT2D eigenvalue weighted by Gasteiger charge is -2.28. The van der Waals surface area contributed by atoms with Crippen LogP contribution >= 0.6 is 0 Å². The van der Waals surface area contributed by atoms with E-state index in [1.54, 1.807) is 26.0 Å². The molecule has 116 valence electrons. The van der Waals surface area contributed by atoms with Gasteiger partial charge in [-0.25, -0.2) is 21.5 Å². The summed E-state index contributed by atoms with van der Waals surface area (Å²) in [5, 5.41) is 0. The molecular formula is C14H18F2N2O2S. The highest BCUT2D eigenvalue weighted by atomic mass is 32.2. The molecule has 0 fully saturated rings. The fourth-order valence-electron chi connectivity index (χ4n) is 2.25. The Morgan fingerprint density at radius 3 is 2.29 bits per heavy atom. The van der Waals surface area contributed by atoms with E-state index in [1.165, 1.54) is 12.1 Å². The van der Waals surface area contributed by atoms with E-state index in [4.69, 9.17) is 0 Å². The Labute approximate surface area is 123 Å². The van der Waals surface area contributed by atoms with E-state index < -0.39 is 22.5 Å². The Hall–Kier alpha value is -1.50. The molecular weight excluding hydrogens is 298 g/mol. The van der Waals surface area contributed by atoms with Crippen LogP contribution in [0.15, 0.2) is 34.2 Å². The molecule has 0 saturated carbocycles. The summed E-state index contributed by atoms with van der Waals surface area (Å²) in [6, 6.07) is 4.74. The molecule has 0 aliphatic carbocycles. The van der Waals surface area contributed by atoms with Gasteiger partial charge in [0.05, 0.1) is 11.4 Å². The number of hydrogen-bond donors (Lipinski definition) is 0. The van der Waals surface area contributed by atoms with Gasteiger partial charge in [-0.3, -0.25) is 4.99 Å². The van der Waals surface area contributed by atoms with Gasteiger partial charge in [0.1, 0.15) is 11.9 Å². The lowest BCUT2D eigenvalue weighted by atomic mass is 10.2. The van der Waals surface area contributed by atoms with Crippen LogP contribution in [0, 0.1) is 12.8 Å². The smallest absolute Gasteiger partial charge is 0.265 e. The van der Waals surface area contributed by atoms with E-state index in [9.17, 15) is 17.2 Å². The number of benzene rings is 1. The molecule has 1 aromatic carbocycles. The first-order valence-corrected chi connectivity index (χ1v) is 8.12. The van der Waals surface area contributed by atoms with Crippen LogP contribution < -0.4 is 0 Å². The first-order valence-electron chi connectivity index (χ1n) is 6.68. The summed E-state index contributed by atoms with van der Waals surface area (Å²) in [6.07, 6.45) is -2.77. The Morgan fingerprint density at radius 1 is 1.24 bits per heavy atom. The number of halogens is 2. The van der Waals surface area contributed by atoms with E-state index in [1.807, 2.05) is 6.92 Å². The Kier molecular flexibility index (Phi) is 4.32. The predicted octanol–water partition coefficient (Wildman–Crippen LogP) is 2.69. The number of alkyl halides is 2. The van der Waals surface area contributed by atoms with Crippen molar-refractivity contribution in [3.05, 3.63) is 29.8 Å². The molecule has 0 bridgehead atoms. The second-order valence-electron chi connectivity index (χ2n) is 5.37. The average Bonchev–Trinajstić information content (AvgIpc) is 2.84. The van der Waals surface area contributed by atoms with Crippen LogP contribution in [0.3, 0.4) is 0 Å². The van der Waals surface area contributed by atoms with Crippen molar-refractivity contribution in [1.82, 2.24) is 4.31 Å². The van der Waals surface area contributed by atoms with Crippen molar-refractivity contribution in [1.29, 1.82) is 0 Å². The van der Waals surface area contributed by atoms with Crippen molar-refractivity contribution in [2.45, 2.75) is 38.1 Å². The number of nitrogens with zero attached hydrogens (tertiary/aromatic N) is 2. The molecule has 0 aromatic heterocycles. The SMILES string of the molecule is Cc1ccc(S(=O)(=O)N2C(C(C)C)=NCC2C(F)F)cc1. The topological polar surface area (TPSA) is 49.7 Å². The second kappa shape index (κ2) is 5.71. The Morgan fingerprint density at radius 2 is 1.81 bits per heavy atom. The molecule has 0 amide bonds. The summed E-state index contributed by atoms with van der Waals surface area (Å²) in [4.78, 5) is 4.02. The molecule has 0 N–H and O–H groups in total. The maximum absolute atomic E-state index is 13.2. The van der Waals surface area contributed by atoms with Crippen LogP contribution in [0.1, 0.15) is 19.4 Å². The highest BCUT2D eigenvalue weighted by molar-refractivity contribution is 7.89. The first kappa shape index (κ1) is 15.9. The zero-order valence-electron chi connectivity index (χ0n) is 12.1. The van der Waals surface area contributed by atoms with Crippen LogP contribution in [0.5, 0.6) is 0 Å². The maximum atomic E-state index is 13.2. The fourth-order valence-corrected chi connectivity index (χ4v) is 3.98. The molecule has 1 aliphatic rings. The van der Waals surface area contributed by atoms with Gasteiger partial charge in [0.2, 0.25) is 0 Å². The molecule has 21 heavy (non-hydrogen) atoms. The highest BCUT2D eigenvalue weighted by Gasteiger charge is 2.43. The van der Waals surface area contributed by atoms with E-state index in [2.05, 4.69) is 4.99 Å². The molecule has 1 heterocycles. The summed E-state index contributed by atoms with van der Waals surface area (Å²) in [6.45, 7) is 5.11. The molecule has 0 radical (unpaired) electrons. The maximum Gasteiger partial charge on any atom is 0.265 e. The number of rotatable bonds is 4. The Balaban J connectivity index is 2.48. The molecule has 0 spiro atoms. The van der Waals surface area contributed by atoms with Crippen LogP contribution in [-0.2, 0) is 10.0 Å². The molecule has 1 aliphatic heterocycles. The number of aryl methyl sites for hydroxylation is 1. The predicted molar refractivity (Wildman–Crippen MR) is 77.1 cm³/mol. The van der Waals surface area contributed by atoms with Crippen molar-refractivity contribution < 1.29 is 17.2 Å². The highest BCUT2D eigenvalue weighted by Crippen LogP contribution is 2.28. The van der Waals surface area contributed by atoms with Crippen LogP contribution in [0.4, 0.5) is 8.78 Å². The van der Waals surface area contributed by atoms with Gasteiger partial charge in [-0.15, -0.1) is 0 Å².